The molecule has 2 aromatic carbocycles. The summed E-state index contributed by atoms with van der Waals surface area (Å²) < 4.78 is 7.15. The number of likely N-dealkylation sites (tertiary alicyclic amines) is 1. The maximum atomic E-state index is 6.09. The zero-order chi connectivity index (χ0) is 15.4. The van der Waals surface area contributed by atoms with Gasteiger partial charge in [0.05, 0.1) is 20.6 Å². The molecule has 122 valence electrons. The molecule has 0 saturated carbocycles. The van der Waals surface area contributed by atoms with Crippen LogP contribution in [0.2, 0.25) is 0 Å². The Labute approximate surface area is 156 Å². The molecule has 0 radical (unpaired) electrons. The fourth-order valence-electron chi connectivity index (χ4n) is 2.93. The number of ether oxygens (including phenoxy) is 1. The number of hydrogen-bond acceptors (Lipinski definition) is 1. The molecule has 0 N–H and O–H groups in total. The van der Waals surface area contributed by atoms with Crippen molar-refractivity contribution in [3.8, 4) is 5.75 Å². The standard InChI is InChI=1S/C20H24NO.HI/c1-21(2)15-14-20(16-21)22-19-12-10-18(11-13-19)9-8-17-6-4-3-5-7-17;/h3-13,20H,14-16H2,1-2H3;1H/q+1;/p-1/b9-8+;/t20-;/m0./s1. The van der Waals surface area contributed by atoms with Gasteiger partial charge in [-0.25, -0.2) is 0 Å². The lowest BCUT2D eigenvalue weighted by molar-refractivity contribution is -0.879. The Morgan fingerprint density at radius 2 is 1.52 bits per heavy atom. The van der Waals surface area contributed by atoms with E-state index in [2.05, 4.69) is 74.8 Å². The van der Waals surface area contributed by atoms with Gasteiger partial charge in [0, 0.05) is 6.42 Å². The SMILES string of the molecule is C[N+]1(C)CC[C@H](Oc2ccc(/C=C/c3ccccc3)cc2)C1.[I-]. The second kappa shape index (κ2) is 7.97. The number of nitrogens with zero attached hydrogens (tertiary/aromatic N) is 1. The summed E-state index contributed by atoms with van der Waals surface area (Å²) >= 11 is 0. The minimum Gasteiger partial charge on any atom is -1.00 e. The first-order valence-corrected chi connectivity index (χ1v) is 7.93. The summed E-state index contributed by atoms with van der Waals surface area (Å²) in [5.41, 5.74) is 2.41. The van der Waals surface area contributed by atoms with Crippen LogP contribution in [-0.2, 0) is 0 Å². The van der Waals surface area contributed by atoms with E-state index in [4.69, 9.17) is 4.74 Å². The average Bonchev–Trinajstić information content (AvgIpc) is 2.86. The monoisotopic (exact) mass is 421 g/mol. The predicted molar refractivity (Wildman–Crippen MR) is 92.7 cm³/mol. The zero-order valence-corrected chi connectivity index (χ0v) is 15.9. The second-order valence-electron chi connectivity index (χ2n) is 6.68. The molecular formula is C20H24INO. The van der Waals surface area contributed by atoms with E-state index in [9.17, 15) is 0 Å². The Morgan fingerprint density at radius 3 is 2.09 bits per heavy atom. The lowest BCUT2D eigenvalue weighted by Crippen LogP contribution is -3.00. The molecule has 0 amide bonds. The van der Waals surface area contributed by atoms with Crippen LogP contribution in [0, 0.1) is 0 Å². The highest BCUT2D eigenvalue weighted by Gasteiger charge is 2.32. The van der Waals surface area contributed by atoms with Gasteiger partial charge in [-0.15, -0.1) is 0 Å². The molecule has 1 aliphatic heterocycles. The van der Waals surface area contributed by atoms with Crippen LogP contribution >= 0.6 is 0 Å². The molecule has 0 aromatic heterocycles. The van der Waals surface area contributed by atoms with Crippen molar-refractivity contribution in [3.05, 3.63) is 65.7 Å². The number of benzene rings is 2. The van der Waals surface area contributed by atoms with Crippen LogP contribution in [0.5, 0.6) is 5.75 Å². The summed E-state index contributed by atoms with van der Waals surface area (Å²) in [7, 11) is 4.53. The van der Waals surface area contributed by atoms with Crippen molar-refractivity contribution < 1.29 is 33.2 Å². The molecule has 0 spiro atoms. The maximum absolute atomic E-state index is 6.09. The summed E-state index contributed by atoms with van der Waals surface area (Å²) in [5, 5.41) is 0. The van der Waals surface area contributed by atoms with E-state index in [0.29, 0.717) is 6.10 Å². The Balaban J connectivity index is 0.00000192. The molecular weight excluding hydrogens is 397 g/mol. The van der Waals surface area contributed by atoms with E-state index >= 15 is 0 Å². The Bertz CT molecular complexity index is 634. The summed E-state index contributed by atoms with van der Waals surface area (Å²) in [4.78, 5) is 0. The fourth-order valence-corrected chi connectivity index (χ4v) is 2.93. The lowest BCUT2D eigenvalue weighted by atomic mass is 10.1. The Hall–Kier alpha value is -1.33. The molecule has 3 rings (SSSR count). The van der Waals surface area contributed by atoms with Gasteiger partial charge in [0.2, 0.25) is 0 Å². The largest absolute Gasteiger partial charge is 1.00 e. The number of hydrogen-bond donors (Lipinski definition) is 0. The van der Waals surface area contributed by atoms with Gasteiger partial charge in [0.1, 0.15) is 12.3 Å². The van der Waals surface area contributed by atoms with Gasteiger partial charge in [-0.2, -0.15) is 0 Å². The highest BCUT2D eigenvalue weighted by Crippen LogP contribution is 2.21. The van der Waals surface area contributed by atoms with E-state index in [1.165, 1.54) is 17.7 Å². The smallest absolute Gasteiger partial charge is 0.153 e. The molecule has 2 nitrogen and oxygen atoms in total. The van der Waals surface area contributed by atoms with E-state index in [0.717, 1.165) is 23.2 Å². The number of halogens is 1. The summed E-state index contributed by atoms with van der Waals surface area (Å²) in [5.74, 6) is 0.976. The molecule has 1 atom stereocenters. The molecule has 1 aliphatic rings. The number of quaternary nitrogens is 1. The number of likely N-dealkylation sites (N-methyl/N-ethyl adjacent to an activating group) is 1. The quantitative estimate of drug-likeness (QED) is 0.408. The predicted octanol–water partition coefficient (Wildman–Crippen LogP) is 1.09. The van der Waals surface area contributed by atoms with Crippen LogP contribution in [0.1, 0.15) is 17.5 Å². The summed E-state index contributed by atoms with van der Waals surface area (Å²) in [6, 6.07) is 18.7. The second-order valence-corrected chi connectivity index (χ2v) is 6.68. The molecule has 3 heteroatoms. The van der Waals surface area contributed by atoms with Crippen LogP contribution in [0.25, 0.3) is 12.2 Å². The highest BCUT2D eigenvalue weighted by atomic mass is 127. The summed E-state index contributed by atoms with van der Waals surface area (Å²) in [6.45, 7) is 2.29. The van der Waals surface area contributed by atoms with Crippen molar-refractivity contribution in [2.75, 3.05) is 27.2 Å². The van der Waals surface area contributed by atoms with E-state index in [-0.39, 0.29) is 24.0 Å². The van der Waals surface area contributed by atoms with E-state index in [1.807, 2.05) is 6.07 Å². The molecule has 0 unspecified atom stereocenters. The van der Waals surface area contributed by atoms with Crippen molar-refractivity contribution >= 4 is 12.2 Å². The topological polar surface area (TPSA) is 9.23 Å². The number of rotatable bonds is 4. The molecule has 1 heterocycles. The van der Waals surface area contributed by atoms with Crippen molar-refractivity contribution in [2.45, 2.75) is 12.5 Å². The van der Waals surface area contributed by atoms with Gasteiger partial charge in [-0.1, -0.05) is 54.6 Å². The third kappa shape index (κ3) is 5.36. The minimum absolute atomic E-state index is 0. The minimum atomic E-state index is 0. The van der Waals surface area contributed by atoms with E-state index in [1.54, 1.807) is 0 Å². The summed E-state index contributed by atoms with van der Waals surface area (Å²) in [6.07, 6.45) is 5.75. The van der Waals surface area contributed by atoms with Gasteiger partial charge in [0.15, 0.2) is 6.10 Å². The third-order valence-corrected chi connectivity index (χ3v) is 4.20. The lowest BCUT2D eigenvalue weighted by Gasteiger charge is -2.23. The van der Waals surface area contributed by atoms with Crippen LogP contribution in [0.15, 0.2) is 54.6 Å². The first-order chi connectivity index (χ1) is 10.6. The van der Waals surface area contributed by atoms with Gasteiger partial charge in [-0.3, -0.25) is 0 Å². The third-order valence-electron chi connectivity index (χ3n) is 4.20. The van der Waals surface area contributed by atoms with Crippen molar-refractivity contribution in [1.82, 2.24) is 0 Å². The van der Waals surface area contributed by atoms with Crippen LogP contribution in [0.3, 0.4) is 0 Å². The van der Waals surface area contributed by atoms with Gasteiger partial charge >= 0.3 is 0 Å². The van der Waals surface area contributed by atoms with Crippen molar-refractivity contribution in [3.63, 3.8) is 0 Å². The fraction of sp³-hybridized carbons (Fsp3) is 0.300. The molecule has 1 saturated heterocycles. The molecule has 0 bridgehead atoms. The molecule has 0 aliphatic carbocycles. The highest BCUT2D eigenvalue weighted by molar-refractivity contribution is 5.69. The van der Waals surface area contributed by atoms with Crippen LogP contribution in [-0.4, -0.2) is 37.8 Å². The Morgan fingerprint density at radius 1 is 0.913 bits per heavy atom. The Kier molecular flexibility index (Phi) is 6.25. The first kappa shape index (κ1) is 18.0. The van der Waals surface area contributed by atoms with Gasteiger partial charge in [0.25, 0.3) is 0 Å². The molecule has 1 fully saturated rings. The van der Waals surface area contributed by atoms with Gasteiger partial charge in [-0.05, 0) is 23.3 Å². The van der Waals surface area contributed by atoms with Gasteiger partial charge < -0.3 is 33.2 Å². The molecule has 2 aromatic rings. The maximum Gasteiger partial charge on any atom is 0.153 e. The normalized spacial score (nSPS) is 19.5. The van der Waals surface area contributed by atoms with Crippen LogP contribution < -0.4 is 28.7 Å². The van der Waals surface area contributed by atoms with Crippen molar-refractivity contribution in [2.24, 2.45) is 0 Å². The zero-order valence-electron chi connectivity index (χ0n) is 13.8. The average molecular weight is 421 g/mol. The molecule has 23 heavy (non-hydrogen) atoms. The van der Waals surface area contributed by atoms with E-state index < -0.39 is 0 Å². The van der Waals surface area contributed by atoms with Crippen LogP contribution in [0.4, 0.5) is 0 Å². The first-order valence-electron chi connectivity index (χ1n) is 7.93. The van der Waals surface area contributed by atoms with Crippen molar-refractivity contribution in [1.29, 1.82) is 0 Å².